The van der Waals surface area contributed by atoms with Gasteiger partial charge in [0, 0.05) is 13.1 Å². The second-order valence-corrected chi connectivity index (χ2v) is 7.45. The van der Waals surface area contributed by atoms with Crippen molar-refractivity contribution < 1.29 is 28.5 Å². The van der Waals surface area contributed by atoms with E-state index in [-0.39, 0.29) is 25.7 Å². The lowest BCUT2D eigenvalue weighted by Crippen LogP contribution is -2.38. The van der Waals surface area contributed by atoms with Gasteiger partial charge in [-0.15, -0.1) is 0 Å². The number of carbonyl (C=O) groups excluding carboxylic acids is 2. The molecule has 8 nitrogen and oxygen atoms in total. The Morgan fingerprint density at radius 3 is 2.39 bits per heavy atom. The fourth-order valence-electron chi connectivity index (χ4n) is 3.40. The highest BCUT2D eigenvalue weighted by molar-refractivity contribution is 5.90. The van der Waals surface area contributed by atoms with Gasteiger partial charge >= 0.3 is 5.97 Å². The van der Waals surface area contributed by atoms with Crippen LogP contribution in [-0.4, -0.2) is 56.3 Å². The Morgan fingerprint density at radius 1 is 0.939 bits per heavy atom. The maximum absolute atomic E-state index is 12.4. The number of rotatable bonds is 10. The second-order valence-electron chi connectivity index (χ2n) is 7.45. The van der Waals surface area contributed by atoms with Gasteiger partial charge in [0.05, 0.1) is 23.8 Å². The first-order chi connectivity index (χ1) is 16.1. The summed E-state index contributed by atoms with van der Waals surface area (Å²) in [7, 11) is 0. The molecule has 0 aromatic heterocycles. The lowest BCUT2D eigenvalue weighted by atomic mass is 10.1. The van der Waals surface area contributed by atoms with Gasteiger partial charge in [-0.05, 0) is 68.7 Å². The fraction of sp³-hybridized carbons (Fsp3) is 0.400. The van der Waals surface area contributed by atoms with Crippen LogP contribution >= 0.6 is 0 Å². The third-order valence-corrected chi connectivity index (χ3v) is 5.11. The number of ether oxygens (including phenoxy) is 4. The summed E-state index contributed by atoms with van der Waals surface area (Å²) in [6.45, 7) is 3.90. The monoisotopic (exact) mass is 452 g/mol. The van der Waals surface area contributed by atoms with Gasteiger partial charge in [-0.1, -0.05) is 0 Å². The van der Waals surface area contributed by atoms with Crippen LogP contribution < -0.4 is 14.2 Å². The number of hydrogen-bond donors (Lipinski definition) is 0. The van der Waals surface area contributed by atoms with Gasteiger partial charge in [-0.3, -0.25) is 4.79 Å². The molecule has 1 aliphatic rings. The predicted octanol–water partition coefficient (Wildman–Crippen LogP) is 3.58. The molecule has 0 unspecified atom stereocenters. The van der Waals surface area contributed by atoms with Crippen LogP contribution in [0.1, 0.15) is 42.1 Å². The number of likely N-dealkylation sites (tertiary alicyclic amines) is 1. The number of carbonyl (C=O) groups is 2. The topological polar surface area (TPSA) is 98.1 Å². The largest absolute Gasteiger partial charge is 0.490 e. The number of amides is 1. The van der Waals surface area contributed by atoms with E-state index in [1.807, 2.05) is 17.9 Å². The standard InChI is InChI=1S/C25H28N2O6/c1-2-30-23-16-20(8-11-22(23)33-18-24(28)27-12-4-3-5-13-27)25(29)32-15-14-31-21-9-6-19(17-26)7-10-21/h6-11,16H,2-5,12-15,18H2,1H3. The van der Waals surface area contributed by atoms with E-state index < -0.39 is 5.97 Å². The zero-order chi connectivity index (χ0) is 23.5. The first-order valence-electron chi connectivity index (χ1n) is 11.1. The van der Waals surface area contributed by atoms with Gasteiger partial charge < -0.3 is 23.8 Å². The molecule has 33 heavy (non-hydrogen) atoms. The Kier molecular flexibility index (Phi) is 8.95. The molecular weight excluding hydrogens is 424 g/mol. The number of nitrogens with zero attached hydrogens (tertiary/aromatic N) is 2. The number of hydrogen-bond acceptors (Lipinski definition) is 7. The minimum absolute atomic E-state index is 0.0529. The van der Waals surface area contributed by atoms with Crippen LogP contribution in [-0.2, 0) is 9.53 Å². The van der Waals surface area contributed by atoms with Crippen molar-refractivity contribution >= 4 is 11.9 Å². The second kappa shape index (κ2) is 12.3. The lowest BCUT2D eigenvalue weighted by molar-refractivity contribution is -0.134. The molecule has 0 N–H and O–H groups in total. The van der Waals surface area contributed by atoms with Crippen molar-refractivity contribution in [2.75, 3.05) is 39.5 Å². The molecule has 174 valence electrons. The van der Waals surface area contributed by atoms with Crippen molar-refractivity contribution in [1.82, 2.24) is 4.90 Å². The van der Waals surface area contributed by atoms with Crippen LogP contribution in [0.15, 0.2) is 42.5 Å². The van der Waals surface area contributed by atoms with E-state index in [0.717, 1.165) is 32.4 Å². The molecule has 0 radical (unpaired) electrons. The maximum Gasteiger partial charge on any atom is 0.338 e. The molecule has 1 aliphatic heterocycles. The average molecular weight is 453 g/mol. The van der Waals surface area contributed by atoms with Gasteiger partial charge in [0.15, 0.2) is 18.1 Å². The highest BCUT2D eigenvalue weighted by Crippen LogP contribution is 2.29. The third kappa shape index (κ3) is 7.14. The minimum atomic E-state index is -0.518. The Labute approximate surface area is 193 Å². The molecule has 2 aromatic carbocycles. The molecule has 1 saturated heterocycles. The molecule has 1 fully saturated rings. The summed E-state index contributed by atoms with van der Waals surface area (Å²) in [5.41, 5.74) is 0.855. The SMILES string of the molecule is CCOc1cc(C(=O)OCCOc2ccc(C#N)cc2)ccc1OCC(=O)N1CCCCC1. The fourth-order valence-corrected chi connectivity index (χ4v) is 3.40. The van der Waals surface area contributed by atoms with Crippen LogP contribution in [0.2, 0.25) is 0 Å². The molecule has 2 aromatic rings. The summed E-state index contributed by atoms with van der Waals surface area (Å²) in [5, 5.41) is 8.81. The average Bonchev–Trinajstić information content (AvgIpc) is 2.86. The molecule has 0 bridgehead atoms. The normalized spacial score (nSPS) is 13.0. The molecule has 1 heterocycles. The predicted molar refractivity (Wildman–Crippen MR) is 120 cm³/mol. The summed E-state index contributed by atoms with van der Waals surface area (Å²) in [6.07, 6.45) is 3.19. The molecule has 8 heteroatoms. The molecule has 1 amide bonds. The summed E-state index contributed by atoms with van der Waals surface area (Å²) in [6, 6.07) is 13.4. The van der Waals surface area contributed by atoms with Crippen molar-refractivity contribution in [3.63, 3.8) is 0 Å². The number of benzene rings is 2. The number of esters is 1. The van der Waals surface area contributed by atoms with E-state index in [2.05, 4.69) is 0 Å². The molecule has 0 atom stereocenters. The maximum atomic E-state index is 12.4. The highest BCUT2D eigenvalue weighted by Gasteiger charge is 2.18. The van der Waals surface area contributed by atoms with E-state index in [0.29, 0.717) is 35.0 Å². The van der Waals surface area contributed by atoms with Crippen molar-refractivity contribution in [2.24, 2.45) is 0 Å². The Hall–Kier alpha value is -3.73. The van der Waals surface area contributed by atoms with E-state index in [1.165, 1.54) is 0 Å². The first-order valence-corrected chi connectivity index (χ1v) is 11.1. The van der Waals surface area contributed by atoms with Crippen LogP contribution in [0.4, 0.5) is 0 Å². The van der Waals surface area contributed by atoms with Crippen molar-refractivity contribution in [3.05, 3.63) is 53.6 Å². The van der Waals surface area contributed by atoms with Crippen LogP contribution in [0.3, 0.4) is 0 Å². The number of nitriles is 1. The Morgan fingerprint density at radius 2 is 1.70 bits per heavy atom. The minimum Gasteiger partial charge on any atom is -0.490 e. The molecule has 0 saturated carbocycles. The molecule has 3 rings (SSSR count). The smallest absolute Gasteiger partial charge is 0.338 e. The van der Waals surface area contributed by atoms with Crippen LogP contribution in [0, 0.1) is 11.3 Å². The van der Waals surface area contributed by atoms with Gasteiger partial charge in [-0.25, -0.2) is 4.79 Å². The van der Waals surface area contributed by atoms with E-state index >= 15 is 0 Å². The highest BCUT2D eigenvalue weighted by atomic mass is 16.6. The van der Waals surface area contributed by atoms with Gasteiger partial charge in [0.1, 0.15) is 19.0 Å². The lowest BCUT2D eigenvalue weighted by Gasteiger charge is -2.26. The summed E-state index contributed by atoms with van der Waals surface area (Å²) in [4.78, 5) is 26.6. The molecule has 0 spiro atoms. The first kappa shape index (κ1) is 23.9. The van der Waals surface area contributed by atoms with Crippen LogP contribution in [0.25, 0.3) is 0 Å². The summed E-state index contributed by atoms with van der Waals surface area (Å²) >= 11 is 0. The third-order valence-electron chi connectivity index (χ3n) is 5.11. The van der Waals surface area contributed by atoms with Gasteiger partial charge in [-0.2, -0.15) is 5.26 Å². The van der Waals surface area contributed by atoms with Gasteiger partial charge in [0.2, 0.25) is 0 Å². The zero-order valence-electron chi connectivity index (χ0n) is 18.7. The van der Waals surface area contributed by atoms with E-state index in [1.54, 1.807) is 42.5 Å². The Balaban J connectivity index is 1.50. The summed E-state index contributed by atoms with van der Waals surface area (Å²) < 4.78 is 22.1. The molecular formula is C25H28N2O6. The quantitative estimate of drug-likeness (QED) is 0.401. The van der Waals surface area contributed by atoms with Crippen molar-refractivity contribution in [1.29, 1.82) is 5.26 Å². The van der Waals surface area contributed by atoms with Gasteiger partial charge in [0.25, 0.3) is 5.91 Å². The van der Waals surface area contributed by atoms with E-state index in [4.69, 9.17) is 24.2 Å². The molecule has 0 aliphatic carbocycles. The summed E-state index contributed by atoms with van der Waals surface area (Å²) in [5.74, 6) is 0.803. The van der Waals surface area contributed by atoms with E-state index in [9.17, 15) is 9.59 Å². The Bertz CT molecular complexity index is 977. The van der Waals surface area contributed by atoms with Crippen LogP contribution in [0.5, 0.6) is 17.2 Å². The van der Waals surface area contributed by atoms with Crippen molar-refractivity contribution in [2.45, 2.75) is 26.2 Å². The van der Waals surface area contributed by atoms with Crippen molar-refractivity contribution in [3.8, 4) is 23.3 Å². The zero-order valence-corrected chi connectivity index (χ0v) is 18.7. The number of piperidine rings is 1.